The van der Waals surface area contributed by atoms with Gasteiger partial charge in [0.2, 0.25) is 0 Å². The van der Waals surface area contributed by atoms with Crippen molar-refractivity contribution in [1.82, 2.24) is 0 Å². The first kappa shape index (κ1) is 12.6. The lowest BCUT2D eigenvalue weighted by molar-refractivity contribution is -0.117. The molecule has 0 aliphatic heterocycles. The van der Waals surface area contributed by atoms with Gasteiger partial charge in [0.25, 0.3) is 0 Å². The maximum absolute atomic E-state index is 12.3. The van der Waals surface area contributed by atoms with Crippen LogP contribution in [0.25, 0.3) is 0 Å². The molecule has 0 atom stereocenters. The van der Waals surface area contributed by atoms with Gasteiger partial charge in [-0.2, -0.15) is 0 Å². The Morgan fingerprint density at radius 2 is 1.29 bits per heavy atom. The number of ketones is 1. The fourth-order valence-corrected chi connectivity index (χ4v) is 3.28. The molecule has 3 nitrogen and oxygen atoms in total. The summed E-state index contributed by atoms with van der Waals surface area (Å²) in [7, 11) is 0. The van der Waals surface area contributed by atoms with Crippen molar-refractivity contribution < 1.29 is 10.0 Å². The maximum atomic E-state index is 12.3. The van der Waals surface area contributed by atoms with E-state index in [1.54, 1.807) is 0 Å². The molecule has 96 valence electrons. The highest BCUT2D eigenvalue weighted by Gasteiger charge is 2.31. The molecule has 2 aliphatic rings. The molecule has 0 aromatic carbocycles. The van der Waals surface area contributed by atoms with E-state index in [2.05, 4.69) is 5.16 Å². The molecule has 0 amide bonds. The summed E-state index contributed by atoms with van der Waals surface area (Å²) in [6.45, 7) is 0. The van der Waals surface area contributed by atoms with Crippen LogP contribution in [0.3, 0.4) is 0 Å². The van der Waals surface area contributed by atoms with E-state index in [1.165, 1.54) is 25.7 Å². The highest BCUT2D eigenvalue weighted by atomic mass is 16.4. The van der Waals surface area contributed by atoms with Gasteiger partial charge in [0.1, 0.15) is 5.71 Å². The van der Waals surface area contributed by atoms with Crippen molar-refractivity contribution in [3.05, 3.63) is 0 Å². The first-order valence-corrected chi connectivity index (χ1v) is 7.09. The highest BCUT2D eigenvalue weighted by Crippen LogP contribution is 2.30. The molecule has 0 spiro atoms. The van der Waals surface area contributed by atoms with Gasteiger partial charge >= 0.3 is 0 Å². The lowest BCUT2D eigenvalue weighted by atomic mass is 9.78. The van der Waals surface area contributed by atoms with E-state index in [-0.39, 0.29) is 17.6 Å². The van der Waals surface area contributed by atoms with E-state index >= 15 is 0 Å². The molecular weight excluding hydrogens is 214 g/mol. The van der Waals surface area contributed by atoms with Gasteiger partial charge in [-0.3, -0.25) is 4.79 Å². The van der Waals surface area contributed by atoms with Crippen molar-refractivity contribution in [3.63, 3.8) is 0 Å². The molecule has 2 aliphatic carbocycles. The van der Waals surface area contributed by atoms with Crippen LogP contribution in [0.4, 0.5) is 0 Å². The van der Waals surface area contributed by atoms with E-state index in [0.29, 0.717) is 5.71 Å². The SMILES string of the molecule is O=C(C(=NO)C1CCCCC1)C1CCCCC1. The zero-order chi connectivity index (χ0) is 12.1. The lowest BCUT2D eigenvalue weighted by Gasteiger charge is -2.26. The van der Waals surface area contributed by atoms with Crippen LogP contribution in [0.15, 0.2) is 5.16 Å². The number of hydrogen-bond donors (Lipinski definition) is 1. The van der Waals surface area contributed by atoms with Crippen LogP contribution in [0.5, 0.6) is 0 Å². The van der Waals surface area contributed by atoms with Crippen molar-refractivity contribution in [2.45, 2.75) is 64.2 Å². The molecule has 3 heteroatoms. The highest BCUT2D eigenvalue weighted by molar-refractivity contribution is 6.41. The number of hydrogen-bond acceptors (Lipinski definition) is 3. The number of carbonyl (C=O) groups is 1. The second kappa shape index (κ2) is 6.18. The van der Waals surface area contributed by atoms with Crippen molar-refractivity contribution in [1.29, 1.82) is 0 Å². The molecular formula is C14H23NO2. The number of rotatable bonds is 3. The summed E-state index contributed by atoms with van der Waals surface area (Å²) < 4.78 is 0. The first-order valence-electron chi connectivity index (χ1n) is 7.09. The molecule has 2 fully saturated rings. The Hall–Kier alpha value is -0.860. The van der Waals surface area contributed by atoms with Crippen molar-refractivity contribution in [2.24, 2.45) is 17.0 Å². The molecule has 2 rings (SSSR count). The van der Waals surface area contributed by atoms with Gasteiger partial charge < -0.3 is 5.21 Å². The van der Waals surface area contributed by atoms with Crippen LogP contribution in [0.1, 0.15) is 64.2 Å². The quantitative estimate of drug-likeness (QED) is 0.463. The van der Waals surface area contributed by atoms with Crippen molar-refractivity contribution in [3.8, 4) is 0 Å². The molecule has 0 radical (unpaired) electrons. The van der Waals surface area contributed by atoms with Gasteiger partial charge in [-0.05, 0) is 25.7 Å². The van der Waals surface area contributed by atoms with Gasteiger partial charge in [-0.25, -0.2) is 0 Å². The van der Waals surface area contributed by atoms with E-state index in [4.69, 9.17) is 5.21 Å². The van der Waals surface area contributed by atoms with E-state index in [9.17, 15) is 4.79 Å². The van der Waals surface area contributed by atoms with E-state index < -0.39 is 0 Å². The van der Waals surface area contributed by atoms with Crippen LogP contribution >= 0.6 is 0 Å². The molecule has 17 heavy (non-hydrogen) atoms. The van der Waals surface area contributed by atoms with Crippen molar-refractivity contribution in [2.75, 3.05) is 0 Å². The zero-order valence-corrected chi connectivity index (χ0v) is 10.5. The fraction of sp³-hybridized carbons (Fsp3) is 0.857. The Labute approximate surface area is 103 Å². The lowest BCUT2D eigenvalue weighted by Crippen LogP contribution is -2.32. The molecule has 0 unspecified atom stereocenters. The normalized spacial score (nSPS) is 24.8. The monoisotopic (exact) mass is 237 g/mol. The van der Waals surface area contributed by atoms with Crippen LogP contribution in [-0.2, 0) is 4.79 Å². The van der Waals surface area contributed by atoms with Crippen molar-refractivity contribution >= 4 is 11.5 Å². The van der Waals surface area contributed by atoms with Gasteiger partial charge in [0.15, 0.2) is 5.78 Å². The predicted octanol–water partition coefficient (Wildman–Crippen LogP) is 3.55. The summed E-state index contributed by atoms with van der Waals surface area (Å²) in [6, 6.07) is 0. The largest absolute Gasteiger partial charge is 0.411 e. The van der Waals surface area contributed by atoms with Gasteiger partial charge in [0, 0.05) is 11.8 Å². The summed E-state index contributed by atoms with van der Waals surface area (Å²) in [4.78, 5) is 12.3. The molecule has 0 saturated heterocycles. The predicted molar refractivity (Wildman–Crippen MR) is 67.4 cm³/mol. The fourth-order valence-electron chi connectivity index (χ4n) is 3.28. The second-order valence-electron chi connectivity index (χ2n) is 5.52. The average molecular weight is 237 g/mol. The summed E-state index contributed by atoms with van der Waals surface area (Å²) in [5, 5.41) is 12.5. The number of carbonyl (C=O) groups excluding carboxylic acids is 1. The molecule has 0 aromatic rings. The Bertz CT molecular complexity index is 287. The van der Waals surface area contributed by atoms with Crippen LogP contribution in [0, 0.1) is 11.8 Å². The molecule has 1 N–H and O–H groups in total. The average Bonchev–Trinajstić information content (AvgIpc) is 2.42. The third kappa shape index (κ3) is 3.08. The minimum absolute atomic E-state index is 0.136. The summed E-state index contributed by atoms with van der Waals surface area (Å²) in [6.07, 6.45) is 11.2. The third-order valence-corrected chi connectivity index (χ3v) is 4.33. The van der Waals surface area contributed by atoms with Gasteiger partial charge in [0.05, 0.1) is 0 Å². The van der Waals surface area contributed by atoms with Gasteiger partial charge in [-0.1, -0.05) is 43.7 Å². The second-order valence-corrected chi connectivity index (χ2v) is 5.52. The van der Waals surface area contributed by atoms with E-state index in [0.717, 1.165) is 38.5 Å². The van der Waals surface area contributed by atoms with Crippen LogP contribution in [0.2, 0.25) is 0 Å². The van der Waals surface area contributed by atoms with Crippen LogP contribution < -0.4 is 0 Å². The minimum atomic E-state index is 0.136. The first-order chi connectivity index (χ1) is 8.33. The topological polar surface area (TPSA) is 49.7 Å². The number of nitrogens with zero attached hydrogens (tertiary/aromatic N) is 1. The van der Waals surface area contributed by atoms with Crippen LogP contribution in [-0.4, -0.2) is 16.7 Å². The summed E-state index contributed by atoms with van der Waals surface area (Å²) in [5.74, 6) is 0.499. The molecule has 0 aromatic heterocycles. The summed E-state index contributed by atoms with van der Waals surface area (Å²) in [5.41, 5.74) is 0.483. The Balaban J connectivity index is 1.99. The molecule has 2 saturated carbocycles. The maximum Gasteiger partial charge on any atom is 0.183 e. The summed E-state index contributed by atoms with van der Waals surface area (Å²) >= 11 is 0. The molecule has 0 heterocycles. The standard InChI is InChI=1S/C14H23NO2/c16-14(12-9-5-2-6-10-12)13(15-17)11-7-3-1-4-8-11/h11-12,17H,1-10H2. The Morgan fingerprint density at radius 1 is 0.824 bits per heavy atom. The number of Topliss-reactive ketones (excluding diaryl/α,β-unsaturated/α-hetero) is 1. The van der Waals surface area contributed by atoms with Gasteiger partial charge in [-0.15, -0.1) is 0 Å². The third-order valence-electron chi connectivity index (χ3n) is 4.33. The number of oxime groups is 1. The Kier molecular flexibility index (Phi) is 4.57. The minimum Gasteiger partial charge on any atom is -0.411 e. The van der Waals surface area contributed by atoms with E-state index in [1.807, 2.05) is 0 Å². The Morgan fingerprint density at radius 3 is 1.76 bits per heavy atom. The smallest absolute Gasteiger partial charge is 0.183 e. The molecule has 0 bridgehead atoms. The zero-order valence-electron chi connectivity index (χ0n) is 10.5.